The molecule has 0 saturated carbocycles. The van der Waals surface area contributed by atoms with E-state index in [0.29, 0.717) is 25.7 Å². The summed E-state index contributed by atoms with van der Waals surface area (Å²) in [7, 11) is 1.83. The zero-order valence-corrected chi connectivity index (χ0v) is 11.0. The molecule has 0 aliphatic heterocycles. The van der Waals surface area contributed by atoms with Crippen LogP contribution in [0.5, 0.6) is 5.88 Å². The molecule has 96 valence electrons. The van der Waals surface area contributed by atoms with E-state index < -0.39 is 0 Å². The van der Waals surface area contributed by atoms with Gasteiger partial charge in [-0.05, 0) is 6.92 Å². The lowest BCUT2D eigenvalue weighted by Crippen LogP contribution is -2.09. The van der Waals surface area contributed by atoms with Crippen LogP contribution in [-0.4, -0.2) is 36.8 Å². The highest BCUT2D eigenvalue weighted by Crippen LogP contribution is 2.18. The van der Waals surface area contributed by atoms with Gasteiger partial charge in [0.25, 0.3) is 0 Å². The molecule has 0 amide bonds. The predicted octanol–water partition coefficient (Wildman–Crippen LogP) is 2.06. The van der Waals surface area contributed by atoms with Crippen LogP contribution in [0.2, 0.25) is 0 Å². The fraction of sp³-hybridized carbons (Fsp3) is 0.667. The van der Waals surface area contributed by atoms with Gasteiger partial charge in [-0.3, -0.25) is 0 Å². The largest absolute Gasteiger partial charge is 0.475 e. The molecule has 1 heterocycles. The Bertz CT molecular complexity index is 343. The van der Waals surface area contributed by atoms with Crippen molar-refractivity contribution in [2.45, 2.75) is 26.7 Å². The highest BCUT2D eigenvalue weighted by atomic mass is 16.5. The molecule has 0 aromatic carbocycles. The van der Waals surface area contributed by atoms with Gasteiger partial charge >= 0.3 is 0 Å². The number of ether oxygens (including phenoxy) is 2. The average molecular weight is 239 g/mol. The highest BCUT2D eigenvalue weighted by molar-refractivity contribution is 5.38. The van der Waals surface area contributed by atoms with Gasteiger partial charge < -0.3 is 14.8 Å². The van der Waals surface area contributed by atoms with E-state index in [4.69, 9.17) is 9.47 Å². The first kappa shape index (κ1) is 13.7. The lowest BCUT2D eigenvalue weighted by Gasteiger charge is -2.10. The van der Waals surface area contributed by atoms with Crippen LogP contribution >= 0.6 is 0 Å². The second-order valence-corrected chi connectivity index (χ2v) is 3.90. The van der Waals surface area contributed by atoms with E-state index in [1.54, 1.807) is 6.07 Å². The average Bonchev–Trinajstić information content (AvgIpc) is 2.34. The summed E-state index contributed by atoms with van der Waals surface area (Å²) in [5.41, 5.74) is 0. The van der Waals surface area contributed by atoms with Gasteiger partial charge in [-0.15, -0.1) is 0 Å². The molecule has 0 aliphatic rings. The first-order valence-electron chi connectivity index (χ1n) is 5.94. The van der Waals surface area contributed by atoms with Crippen LogP contribution in [0.15, 0.2) is 6.07 Å². The van der Waals surface area contributed by atoms with Crippen LogP contribution in [0.3, 0.4) is 0 Å². The molecule has 0 aliphatic carbocycles. The highest BCUT2D eigenvalue weighted by Gasteiger charge is 2.08. The van der Waals surface area contributed by atoms with E-state index in [2.05, 4.69) is 29.1 Å². The van der Waals surface area contributed by atoms with Crippen molar-refractivity contribution in [3.63, 3.8) is 0 Å². The quantitative estimate of drug-likeness (QED) is 0.738. The predicted molar refractivity (Wildman–Crippen MR) is 67.7 cm³/mol. The van der Waals surface area contributed by atoms with Gasteiger partial charge in [-0.2, -0.15) is 4.98 Å². The Balaban J connectivity index is 2.66. The molecule has 0 atom stereocenters. The summed E-state index contributed by atoms with van der Waals surface area (Å²) in [5.74, 6) is 2.42. The Morgan fingerprint density at radius 1 is 1.29 bits per heavy atom. The van der Waals surface area contributed by atoms with Crippen LogP contribution in [0, 0.1) is 0 Å². The van der Waals surface area contributed by atoms with Crippen molar-refractivity contribution < 1.29 is 9.47 Å². The van der Waals surface area contributed by atoms with Crippen molar-refractivity contribution in [2.75, 3.05) is 32.2 Å². The molecule has 1 N–H and O–H groups in total. The lowest BCUT2D eigenvalue weighted by molar-refractivity contribution is 0.108. The molecule has 0 radical (unpaired) electrons. The molecule has 0 bridgehead atoms. The Hall–Kier alpha value is -1.36. The second kappa shape index (κ2) is 7.06. The van der Waals surface area contributed by atoms with Crippen molar-refractivity contribution in [3.05, 3.63) is 11.9 Å². The van der Waals surface area contributed by atoms with Gasteiger partial charge in [0.1, 0.15) is 18.2 Å². The van der Waals surface area contributed by atoms with E-state index in [-0.39, 0.29) is 5.92 Å². The van der Waals surface area contributed by atoms with Gasteiger partial charge in [-0.25, -0.2) is 4.98 Å². The van der Waals surface area contributed by atoms with Crippen LogP contribution in [0.1, 0.15) is 32.5 Å². The monoisotopic (exact) mass is 239 g/mol. The van der Waals surface area contributed by atoms with Crippen LogP contribution in [0.4, 0.5) is 5.82 Å². The third kappa shape index (κ3) is 4.56. The first-order valence-corrected chi connectivity index (χ1v) is 5.94. The van der Waals surface area contributed by atoms with Crippen LogP contribution < -0.4 is 10.1 Å². The summed E-state index contributed by atoms with van der Waals surface area (Å²) in [6, 6.07) is 1.79. The topological polar surface area (TPSA) is 56.3 Å². The number of aromatic nitrogens is 2. The summed E-state index contributed by atoms with van der Waals surface area (Å²) in [6.45, 7) is 7.85. The molecule has 1 aromatic heterocycles. The third-order valence-electron chi connectivity index (χ3n) is 2.17. The molecule has 17 heavy (non-hydrogen) atoms. The van der Waals surface area contributed by atoms with Crippen molar-refractivity contribution in [1.29, 1.82) is 0 Å². The van der Waals surface area contributed by atoms with Gasteiger partial charge in [0, 0.05) is 25.6 Å². The van der Waals surface area contributed by atoms with Crippen LogP contribution in [0.25, 0.3) is 0 Å². The number of hydrogen-bond acceptors (Lipinski definition) is 5. The summed E-state index contributed by atoms with van der Waals surface area (Å²) in [4.78, 5) is 8.71. The zero-order valence-electron chi connectivity index (χ0n) is 11.0. The molecule has 1 aromatic rings. The minimum absolute atomic E-state index is 0.276. The summed E-state index contributed by atoms with van der Waals surface area (Å²) < 4.78 is 10.7. The Labute approximate surface area is 103 Å². The van der Waals surface area contributed by atoms with Gasteiger partial charge in [0.05, 0.1) is 6.61 Å². The van der Waals surface area contributed by atoms with E-state index in [1.807, 2.05) is 14.0 Å². The van der Waals surface area contributed by atoms with Crippen molar-refractivity contribution >= 4 is 5.82 Å². The Morgan fingerprint density at radius 2 is 2.06 bits per heavy atom. The fourth-order valence-corrected chi connectivity index (χ4v) is 1.25. The molecule has 0 fully saturated rings. The molecule has 5 heteroatoms. The van der Waals surface area contributed by atoms with Crippen LogP contribution in [-0.2, 0) is 4.74 Å². The summed E-state index contributed by atoms with van der Waals surface area (Å²) in [6.07, 6.45) is 0. The van der Waals surface area contributed by atoms with E-state index in [0.717, 1.165) is 11.6 Å². The van der Waals surface area contributed by atoms with Crippen molar-refractivity contribution in [3.8, 4) is 5.88 Å². The standard InChI is InChI=1S/C12H21N3O2/c1-5-16-6-7-17-11-8-10(13-4)14-12(15-11)9(2)3/h8-9H,5-7H2,1-4H3,(H,13,14,15). The number of nitrogens with zero attached hydrogens (tertiary/aromatic N) is 2. The molecule has 0 spiro atoms. The number of nitrogens with one attached hydrogen (secondary N) is 1. The number of rotatable bonds is 7. The first-order chi connectivity index (χ1) is 8.17. The van der Waals surface area contributed by atoms with Crippen molar-refractivity contribution in [1.82, 2.24) is 9.97 Å². The molecular weight excluding hydrogens is 218 g/mol. The SMILES string of the molecule is CCOCCOc1cc(NC)nc(C(C)C)n1. The number of anilines is 1. The van der Waals surface area contributed by atoms with E-state index in [1.165, 1.54) is 0 Å². The second-order valence-electron chi connectivity index (χ2n) is 3.90. The maximum Gasteiger partial charge on any atom is 0.218 e. The van der Waals surface area contributed by atoms with Gasteiger partial charge in [0.2, 0.25) is 5.88 Å². The van der Waals surface area contributed by atoms with Crippen molar-refractivity contribution in [2.24, 2.45) is 0 Å². The maximum atomic E-state index is 5.53. The minimum Gasteiger partial charge on any atom is -0.475 e. The van der Waals surface area contributed by atoms with E-state index in [9.17, 15) is 0 Å². The smallest absolute Gasteiger partial charge is 0.218 e. The fourth-order valence-electron chi connectivity index (χ4n) is 1.25. The molecule has 5 nitrogen and oxygen atoms in total. The maximum absolute atomic E-state index is 5.53. The third-order valence-corrected chi connectivity index (χ3v) is 2.17. The van der Waals surface area contributed by atoms with Gasteiger partial charge in [0.15, 0.2) is 0 Å². The van der Waals surface area contributed by atoms with Gasteiger partial charge in [-0.1, -0.05) is 13.8 Å². The number of hydrogen-bond donors (Lipinski definition) is 1. The minimum atomic E-state index is 0.276. The molecule has 0 saturated heterocycles. The summed E-state index contributed by atoms with van der Waals surface area (Å²) in [5, 5.41) is 3.00. The summed E-state index contributed by atoms with van der Waals surface area (Å²) >= 11 is 0. The lowest BCUT2D eigenvalue weighted by atomic mass is 10.2. The zero-order chi connectivity index (χ0) is 12.7. The van der Waals surface area contributed by atoms with E-state index >= 15 is 0 Å². The molecule has 0 unspecified atom stereocenters. The Morgan fingerprint density at radius 3 is 2.65 bits per heavy atom. The molecule has 1 rings (SSSR count). The Kier molecular flexibility index (Phi) is 5.69. The normalized spacial score (nSPS) is 10.6. The molecular formula is C12H21N3O2.